The van der Waals surface area contributed by atoms with E-state index in [4.69, 9.17) is 0 Å². The molecule has 1 aliphatic heterocycles. The van der Waals surface area contributed by atoms with Crippen LogP contribution >= 0.6 is 0 Å². The lowest BCUT2D eigenvalue weighted by molar-refractivity contribution is -0.137. The minimum Gasteiger partial charge on any atom is -0.355 e. The van der Waals surface area contributed by atoms with Crippen molar-refractivity contribution in [1.29, 1.82) is 0 Å². The highest BCUT2D eigenvalue weighted by Gasteiger charge is 2.43. The number of pyridine rings is 1. The minimum absolute atomic E-state index is 0.0353. The Balaban J connectivity index is 1.87. The van der Waals surface area contributed by atoms with Gasteiger partial charge in [0.1, 0.15) is 11.7 Å². The highest BCUT2D eigenvalue weighted by atomic mass is 19.4. The number of nitrogens with one attached hydrogen (secondary N) is 2. The van der Waals surface area contributed by atoms with E-state index in [9.17, 15) is 27.2 Å². The van der Waals surface area contributed by atoms with Gasteiger partial charge in [0.2, 0.25) is 11.8 Å². The summed E-state index contributed by atoms with van der Waals surface area (Å²) >= 11 is 0. The fourth-order valence-electron chi connectivity index (χ4n) is 2.80. The van der Waals surface area contributed by atoms with Crippen molar-refractivity contribution in [2.45, 2.75) is 12.1 Å². The molecule has 2 atom stereocenters. The van der Waals surface area contributed by atoms with Gasteiger partial charge in [-0.3, -0.25) is 14.6 Å². The molecule has 1 saturated heterocycles. The molecule has 3 rings (SSSR count). The van der Waals surface area contributed by atoms with E-state index in [-0.39, 0.29) is 17.9 Å². The highest BCUT2D eigenvalue weighted by molar-refractivity contribution is 6.08. The lowest BCUT2D eigenvalue weighted by Gasteiger charge is -2.17. The molecule has 0 unspecified atom stereocenters. The van der Waals surface area contributed by atoms with Gasteiger partial charge in [0.15, 0.2) is 0 Å². The van der Waals surface area contributed by atoms with Crippen LogP contribution in [-0.2, 0) is 15.8 Å². The molecule has 5 nitrogen and oxygen atoms in total. The van der Waals surface area contributed by atoms with E-state index in [1.54, 1.807) is 0 Å². The topological polar surface area (TPSA) is 71.1 Å². The van der Waals surface area contributed by atoms with Crippen LogP contribution in [0.5, 0.6) is 0 Å². The van der Waals surface area contributed by atoms with Crippen LogP contribution in [0.2, 0.25) is 0 Å². The van der Waals surface area contributed by atoms with E-state index in [0.717, 1.165) is 24.4 Å². The molecule has 0 aliphatic carbocycles. The van der Waals surface area contributed by atoms with Crippen LogP contribution < -0.4 is 10.6 Å². The van der Waals surface area contributed by atoms with E-state index < -0.39 is 41.2 Å². The van der Waals surface area contributed by atoms with E-state index in [1.807, 2.05) is 0 Å². The molecule has 1 aliphatic rings. The number of carbonyl (C=O) groups is 2. The summed E-state index contributed by atoms with van der Waals surface area (Å²) < 4.78 is 52.3. The molecule has 0 bridgehead atoms. The summed E-state index contributed by atoms with van der Waals surface area (Å²) in [6.07, 6.45) is -3.59. The van der Waals surface area contributed by atoms with Crippen LogP contribution in [-0.4, -0.2) is 23.3 Å². The third-order valence-electron chi connectivity index (χ3n) is 4.08. The molecule has 136 valence electrons. The molecule has 26 heavy (non-hydrogen) atoms. The maximum Gasteiger partial charge on any atom is 0.416 e. The number of anilines is 1. The number of para-hydroxylation sites is 1. The van der Waals surface area contributed by atoms with Gasteiger partial charge in [-0.05, 0) is 24.3 Å². The number of nitrogens with zero attached hydrogens (tertiary/aromatic N) is 1. The van der Waals surface area contributed by atoms with Gasteiger partial charge in [0.05, 0.1) is 11.3 Å². The van der Waals surface area contributed by atoms with Crippen molar-refractivity contribution in [3.05, 3.63) is 59.7 Å². The first-order valence-electron chi connectivity index (χ1n) is 7.63. The van der Waals surface area contributed by atoms with Crippen LogP contribution in [0.1, 0.15) is 17.2 Å². The first-order valence-corrected chi connectivity index (χ1v) is 7.63. The van der Waals surface area contributed by atoms with Gasteiger partial charge in [-0.15, -0.1) is 0 Å². The van der Waals surface area contributed by atoms with Gasteiger partial charge >= 0.3 is 6.18 Å². The van der Waals surface area contributed by atoms with Gasteiger partial charge in [-0.1, -0.05) is 12.1 Å². The van der Waals surface area contributed by atoms with Gasteiger partial charge < -0.3 is 10.6 Å². The molecule has 1 aromatic heterocycles. The quantitative estimate of drug-likeness (QED) is 0.647. The Morgan fingerprint density at radius 3 is 2.65 bits per heavy atom. The van der Waals surface area contributed by atoms with Crippen LogP contribution in [0.3, 0.4) is 0 Å². The second-order valence-corrected chi connectivity index (χ2v) is 5.77. The summed E-state index contributed by atoms with van der Waals surface area (Å²) in [6.45, 7) is -0.0392. The smallest absolute Gasteiger partial charge is 0.355 e. The third kappa shape index (κ3) is 3.51. The lowest BCUT2D eigenvalue weighted by atomic mass is 9.90. The van der Waals surface area contributed by atoms with Gasteiger partial charge in [-0.25, -0.2) is 4.39 Å². The zero-order valence-corrected chi connectivity index (χ0v) is 13.2. The number of alkyl halides is 3. The standard InChI is InChI=1S/C17H13F4N3O2/c18-11-3-1-2-4-12(11)24-16(26)14-10(8-23-15(14)25)13-7-9(5-6-22-13)17(19,20)21/h1-7,10,14H,8H2,(H,23,25)(H,24,26)/t10-,14-/m1/s1. The number of rotatable bonds is 3. The average molecular weight is 367 g/mol. The van der Waals surface area contributed by atoms with E-state index in [2.05, 4.69) is 15.6 Å². The number of aromatic nitrogens is 1. The van der Waals surface area contributed by atoms with Crippen LogP contribution in [0.25, 0.3) is 0 Å². The lowest BCUT2D eigenvalue weighted by Crippen LogP contribution is -2.32. The van der Waals surface area contributed by atoms with Gasteiger partial charge in [0.25, 0.3) is 0 Å². The van der Waals surface area contributed by atoms with Crippen molar-refractivity contribution in [2.75, 3.05) is 11.9 Å². The SMILES string of the molecule is O=C1NC[C@H](c2cc(C(F)(F)F)ccn2)[C@H]1C(=O)Nc1ccccc1F. The first-order chi connectivity index (χ1) is 12.3. The zero-order valence-electron chi connectivity index (χ0n) is 13.2. The number of hydrogen-bond donors (Lipinski definition) is 2. The summed E-state index contributed by atoms with van der Waals surface area (Å²) in [5.74, 6) is -4.35. The van der Waals surface area contributed by atoms with Crippen molar-refractivity contribution in [3.63, 3.8) is 0 Å². The Labute approximate surface area is 145 Å². The number of halogens is 4. The molecule has 2 N–H and O–H groups in total. The summed E-state index contributed by atoms with van der Waals surface area (Å²) in [5.41, 5.74) is -1.07. The van der Waals surface area contributed by atoms with Gasteiger partial charge in [0, 0.05) is 24.4 Å². The molecule has 0 saturated carbocycles. The summed E-state index contributed by atoms with van der Waals surface area (Å²) in [4.78, 5) is 28.4. The normalized spacial score (nSPS) is 19.9. The van der Waals surface area contributed by atoms with E-state index >= 15 is 0 Å². The minimum atomic E-state index is -4.57. The fourth-order valence-corrected chi connectivity index (χ4v) is 2.80. The van der Waals surface area contributed by atoms with E-state index in [0.29, 0.717) is 0 Å². The van der Waals surface area contributed by atoms with Crippen molar-refractivity contribution in [1.82, 2.24) is 10.3 Å². The van der Waals surface area contributed by atoms with Crippen molar-refractivity contribution < 1.29 is 27.2 Å². The first kappa shape index (κ1) is 17.8. The highest BCUT2D eigenvalue weighted by Crippen LogP contribution is 2.34. The molecule has 1 fully saturated rings. The maximum atomic E-state index is 13.7. The fraction of sp³-hybridized carbons (Fsp3) is 0.235. The van der Waals surface area contributed by atoms with E-state index in [1.165, 1.54) is 18.2 Å². The van der Waals surface area contributed by atoms with Crippen molar-refractivity contribution in [2.24, 2.45) is 5.92 Å². The Bertz CT molecular complexity index is 854. The maximum absolute atomic E-state index is 13.7. The molecule has 0 radical (unpaired) electrons. The van der Waals surface area contributed by atoms with Gasteiger partial charge in [-0.2, -0.15) is 13.2 Å². The molecule has 0 spiro atoms. The average Bonchev–Trinajstić information content (AvgIpc) is 2.98. The second kappa shape index (κ2) is 6.74. The van der Waals surface area contributed by atoms with Crippen molar-refractivity contribution >= 4 is 17.5 Å². The summed E-state index contributed by atoms with van der Waals surface area (Å²) in [7, 11) is 0. The second-order valence-electron chi connectivity index (χ2n) is 5.77. The Kier molecular flexibility index (Phi) is 4.62. The number of carbonyl (C=O) groups excluding carboxylic acids is 2. The number of amides is 2. The third-order valence-corrected chi connectivity index (χ3v) is 4.08. The molecule has 2 amide bonds. The number of hydrogen-bond acceptors (Lipinski definition) is 3. The Morgan fingerprint density at radius 1 is 1.23 bits per heavy atom. The molecular weight excluding hydrogens is 354 g/mol. The molecular formula is C17H13F4N3O2. The molecule has 1 aromatic carbocycles. The van der Waals surface area contributed by atoms with Crippen LogP contribution in [0.15, 0.2) is 42.6 Å². The predicted octanol–water partition coefficient (Wildman–Crippen LogP) is 2.71. The Hall–Kier alpha value is -2.97. The summed E-state index contributed by atoms with van der Waals surface area (Å²) in [6, 6.07) is 7.01. The Morgan fingerprint density at radius 2 is 1.96 bits per heavy atom. The van der Waals surface area contributed by atoms with Crippen LogP contribution in [0, 0.1) is 11.7 Å². The van der Waals surface area contributed by atoms with Crippen molar-refractivity contribution in [3.8, 4) is 0 Å². The zero-order chi connectivity index (χ0) is 18.9. The largest absolute Gasteiger partial charge is 0.416 e. The summed E-state index contributed by atoms with van der Waals surface area (Å²) in [5, 5.41) is 4.75. The molecule has 2 heterocycles. The van der Waals surface area contributed by atoms with Crippen LogP contribution in [0.4, 0.5) is 23.2 Å². The number of benzene rings is 1. The molecule has 2 aromatic rings. The molecule has 9 heteroatoms. The monoisotopic (exact) mass is 367 g/mol. The predicted molar refractivity (Wildman–Crippen MR) is 83.5 cm³/mol.